The maximum Gasteiger partial charge on any atom is 0.317 e. The number of aromatic nitrogens is 2. The van der Waals surface area contributed by atoms with Gasteiger partial charge in [0.1, 0.15) is 11.0 Å². The van der Waals surface area contributed by atoms with Gasteiger partial charge in [-0.05, 0) is 44.5 Å². The van der Waals surface area contributed by atoms with Crippen LogP contribution in [0.3, 0.4) is 0 Å². The Hall–Kier alpha value is -1.41. The Morgan fingerprint density at radius 2 is 1.84 bits per heavy atom. The third kappa shape index (κ3) is 4.06. The maximum atomic E-state index is 12.8. The smallest absolute Gasteiger partial charge is 0.317 e. The van der Waals surface area contributed by atoms with Crippen molar-refractivity contribution in [3.8, 4) is 6.01 Å². The molecule has 25 heavy (non-hydrogen) atoms. The van der Waals surface area contributed by atoms with Crippen LogP contribution in [-0.4, -0.2) is 41.9 Å². The number of aryl methyl sites for hydroxylation is 2. The summed E-state index contributed by atoms with van der Waals surface area (Å²) in [6.07, 6.45) is 0.238. The van der Waals surface area contributed by atoms with E-state index in [0.717, 1.165) is 11.4 Å². The first-order valence-electron chi connectivity index (χ1n) is 7.70. The monoisotopic (exact) mass is 401 g/mol. The Morgan fingerprint density at radius 1 is 1.16 bits per heavy atom. The molecule has 0 bridgehead atoms. The maximum absolute atomic E-state index is 12.8. The lowest BCUT2D eigenvalue weighted by Crippen LogP contribution is -2.31. The molecule has 1 aromatic carbocycles. The predicted molar refractivity (Wildman–Crippen MR) is 95.8 cm³/mol. The van der Waals surface area contributed by atoms with Crippen molar-refractivity contribution in [1.29, 1.82) is 0 Å². The van der Waals surface area contributed by atoms with Crippen molar-refractivity contribution in [1.82, 2.24) is 14.3 Å². The van der Waals surface area contributed by atoms with Gasteiger partial charge in [-0.1, -0.05) is 23.2 Å². The van der Waals surface area contributed by atoms with E-state index in [1.807, 2.05) is 19.9 Å². The minimum atomic E-state index is -3.74. The highest BCUT2D eigenvalue weighted by atomic mass is 35.5. The highest BCUT2D eigenvalue weighted by molar-refractivity contribution is 7.89. The average Bonchev–Trinajstić information content (AvgIpc) is 2.98. The second-order valence-electron chi connectivity index (χ2n) is 5.90. The fraction of sp³-hybridized carbons (Fsp3) is 0.375. The van der Waals surface area contributed by atoms with Gasteiger partial charge >= 0.3 is 6.01 Å². The highest BCUT2D eigenvalue weighted by Gasteiger charge is 2.35. The largest absolute Gasteiger partial charge is 0.459 e. The summed E-state index contributed by atoms with van der Waals surface area (Å²) in [5.74, 6) is 0. The molecule has 0 aliphatic carbocycles. The summed E-state index contributed by atoms with van der Waals surface area (Å²) in [4.78, 5) is 8.46. The zero-order chi connectivity index (χ0) is 18.2. The average molecular weight is 402 g/mol. The summed E-state index contributed by atoms with van der Waals surface area (Å²) >= 11 is 12.0. The highest BCUT2D eigenvalue weighted by Crippen LogP contribution is 2.30. The zero-order valence-electron chi connectivity index (χ0n) is 13.7. The molecule has 1 saturated heterocycles. The van der Waals surface area contributed by atoms with Gasteiger partial charge < -0.3 is 4.74 Å². The van der Waals surface area contributed by atoms with Gasteiger partial charge in [-0.15, -0.1) is 0 Å². The van der Waals surface area contributed by atoms with E-state index in [1.165, 1.54) is 16.4 Å². The normalized spacial score (nSPS) is 18.5. The Balaban J connectivity index is 1.76. The molecular weight excluding hydrogens is 385 g/mol. The quantitative estimate of drug-likeness (QED) is 0.785. The van der Waals surface area contributed by atoms with Crippen LogP contribution in [-0.2, 0) is 10.0 Å². The van der Waals surface area contributed by atoms with Crippen LogP contribution in [0.15, 0.2) is 29.2 Å². The molecule has 3 rings (SSSR count). The summed E-state index contributed by atoms with van der Waals surface area (Å²) in [5, 5.41) is 0.463. The second kappa shape index (κ2) is 7.07. The van der Waals surface area contributed by atoms with Crippen LogP contribution in [0.4, 0.5) is 0 Å². The number of benzene rings is 1. The Bertz CT molecular complexity index is 885. The molecule has 0 spiro atoms. The second-order valence-corrected chi connectivity index (χ2v) is 8.65. The van der Waals surface area contributed by atoms with Crippen LogP contribution in [0.1, 0.15) is 17.8 Å². The van der Waals surface area contributed by atoms with Crippen molar-refractivity contribution < 1.29 is 13.2 Å². The standard InChI is InChI=1S/C16H17Cl2N3O3S/c1-10-7-11(2)20-16(19-10)24-13-5-6-21(9-13)25(22,23)15-8-12(17)3-4-14(15)18/h3-4,7-8,13H,5-6,9H2,1-2H3/t13-/m0/s1. The molecule has 6 nitrogen and oxygen atoms in total. The number of hydrogen-bond acceptors (Lipinski definition) is 5. The van der Waals surface area contributed by atoms with Gasteiger partial charge in [0, 0.05) is 23.0 Å². The molecule has 0 radical (unpaired) electrons. The summed E-state index contributed by atoms with van der Waals surface area (Å²) in [6.45, 7) is 4.25. The molecule has 0 amide bonds. The van der Waals surface area contributed by atoms with E-state index in [9.17, 15) is 8.42 Å². The minimum Gasteiger partial charge on any atom is -0.459 e. The van der Waals surface area contributed by atoms with Crippen molar-refractivity contribution in [3.05, 3.63) is 45.7 Å². The number of ether oxygens (including phenoxy) is 1. The van der Waals surface area contributed by atoms with E-state index in [0.29, 0.717) is 18.0 Å². The van der Waals surface area contributed by atoms with Gasteiger partial charge in [-0.2, -0.15) is 4.31 Å². The molecule has 2 heterocycles. The number of nitrogens with zero attached hydrogens (tertiary/aromatic N) is 3. The topological polar surface area (TPSA) is 72.4 Å². The number of sulfonamides is 1. The van der Waals surface area contributed by atoms with Crippen LogP contribution < -0.4 is 4.74 Å². The van der Waals surface area contributed by atoms with Gasteiger partial charge in [0.2, 0.25) is 10.0 Å². The molecule has 1 aliphatic rings. The van der Waals surface area contributed by atoms with Gasteiger partial charge in [0.25, 0.3) is 0 Å². The fourth-order valence-electron chi connectivity index (χ4n) is 2.72. The van der Waals surface area contributed by atoms with Crippen molar-refractivity contribution >= 4 is 33.2 Å². The molecule has 134 valence electrons. The van der Waals surface area contributed by atoms with Crippen LogP contribution in [0.2, 0.25) is 10.0 Å². The summed E-state index contributed by atoms with van der Waals surface area (Å²) < 4.78 is 32.7. The van der Waals surface area contributed by atoms with Gasteiger partial charge in [-0.3, -0.25) is 0 Å². The molecule has 0 unspecified atom stereocenters. The van der Waals surface area contributed by atoms with Gasteiger partial charge in [-0.25, -0.2) is 18.4 Å². The first-order chi connectivity index (χ1) is 11.8. The Morgan fingerprint density at radius 3 is 2.52 bits per heavy atom. The number of rotatable bonds is 4. The van der Waals surface area contributed by atoms with E-state index in [-0.39, 0.29) is 28.6 Å². The van der Waals surface area contributed by atoms with Crippen LogP contribution in [0.5, 0.6) is 6.01 Å². The predicted octanol–water partition coefficient (Wildman–Crippen LogP) is 3.24. The molecule has 0 N–H and O–H groups in total. The lowest BCUT2D eigenvalue weighted by Gasteiger charge is -2.18. The molecule has 1 atom stereocenters. The van der Waals surface area contributed by atoms with Crippen molar-refractivity contribution in [2.24, 2.45) is 0 Å². The van der Waals surface area contributed by atoms with E-state index < -0.39 is 10.0 Å². The van der Waals surface area contributed by atoms with E-state index in [1.54, 1.807) is 6.07 Å². The summed E-state index contributed by atoms with van der Waals surface area (Å²) in [7, 11) is -3.74. The third-order valence-corrected chi connectivity index (χ3v) is 6.43. The van der Waals surface area contributed by atoms with E-state index in [2.05, 4.69) is 9.97 Å². The lowest BCUT2D eigenvalue weighted by atomic mass is 10.3. The van der Waals surface area contributed by atoms with Gasteiger partial charge in [0.15, 0.2) is 0 Å². The SMILES string of the molecule is Cc1cc(C)nc(O[C@H]2CCN(S(=O)(=O)c3cc(Cl)ccc3Cl)C2)n1. The van der Waals surface area contributed by atoms with Crippen molar-refractivity contribution in [3.63, 3.8) is 0 Å². The van der Waals surface area contributed by atoms with E-state index in [4.69, 9.17) is 27.9 Å². The Kier molecular flexibility index (Phi) is 5.20. The molecular formula is C16H17Cl2N3O3S. The first kappa shape index (κ1) is 18.4. The number of halogens is 2. The van der Waals surface area contributed by atoms with Crippen LogP contribution >= 0.6 is 23.2 Å². The fourth-order valence-corrected chi connectivity index (χ4v) is 4.95. The van der Waals surface area contributed by atoms with Crippen molar-refractivity contribution in [2.75, 3.05) is 13.1 Å². The molecule has 1 aliphatic heterocycles. The molecule has 0 saturated carbocycles. The van der Waals surface area contributed by atoms with Crippen molar-refractivity contribution in [2.45, 2.75) is 31.3 Å². The lowest BCUT2D eigenvalue weighted by molar-refractivity contribution is 0.197. The summed E-state index contributed by atoms with van der Waals surface area (Å²) in [5.41, 5.74) is 1.60. The van der Waals surface area contributed by atoms with Crippen LogP contribution in [0.25, 0.3) is 0 Å². The minimum absolute atomic E-state index is 0.00460. The number of hydrogen-bond donors (Lipinski definition) is 0. The third-order valence-electron chi connectivity index (χ3n) is 3.85. The summed E-state index contributed by atoms with van der Waals surface area (Å²) in [6, 6.07) is 6.50. The van der Waals surface area contributed by atoms with Crippen LogP contribution in [0, 0.1) is 13.8 Å². The molecule has 2 aromatic rings. The van der Waals surface area contributed by atoms with E-state index >= 15 is 0 Å². The first-order valence-corrected chi connectivity index (χ1v) is 9.89. The van der Waals surface area contributed by atoms with Gasteiger partial charge in [0.05, 0.1) is 11.6 Å². The Labute approximate surface area is 156 Å². The molecule has 1 fully saturated rings. The molecule has 1 aromatic heterocycles. The zero-order valence-corrected chi connectivity index (χ0v) is 16.1. The molecule has 9 heteroatoms.